The summed E-state index contributed by atoms with van der Waals surface area (Å²) in [7, 11) is 0. The van der Waals surface area contributed by atoms with Gasteiger partial charge in [0.2, 0.25) is 0 Å². The van der Waals surface area contributed by atoms with Crippen LogP contribution in [0.3, 0.4) is 0 Å². The molecule has 3 rings (SSSR count). The molecule has 5 heteroatoms. The summed E-state index contributed by atoms with van der Waals surface area (Å²) in [5, 5.41) is 13.2. The molecule has 3 aromatic rings. The van der Waals surface area contributed by atoms with Crippen LogP contribution in [0.4, 0.5) is 5.69 Å². The summed E-state index contributed by atoms with van der Waals surface area (Å²) in [6, 6.07) is 17.6. The molecule has 5 nitrogen and oxygen atoms in total. The first-order chi connectivity index (χ1) is 12.4. The maximum absolute atomic E-state index is 13.3. The van der Waals surface area contributed by atoms with E-state index in [1.165, 1.54) is 12.1 Å². The summed E-state index contributed by atoms with van der Waals surface area (Å²) in [5.41, 5.74) is 7.78. The predicted molar refractivity (Wildman–Crippen MR) is 103 cm³/mol. The third-order valence-electron chi connectivity index (χ3n) is 4.48. The zero-order chi connectivity index (χ0) is 18.8. The van der Waals surface area contributed by atoms with Crippen molar-refractivity contribution in [2.24, 2.45) is 5.73 Å². The topological polar surface area (TPSA) is 86.2 Å². The van der Waals surface area contributed by atoms with E-state index in [2.05, 4.69) is 0 Å². The van der Waals surface area contributed by atoms with Crippen LogP contribution in [-0.2, 0) is 0 Å². The van der Waals surface area contributed by atoms with Gasteiger partial charge in [0, 0.05) is 22.9 Å². The minimum absolute atomic E-state index is 0.126. The monoisotopic (exact) mass is 346 g/mol. The number of allylic oxidation sites excluding steroid dienone is 2. The fourth-order valence-electron chi connectivity index (χ4n) is 3.04. The van der Waals surface area contributed by atoms with Gasteiger partial charge in [0.25, 0.3) is 5.69 Å². The summed E-state index contributed by atoms with van der Waals surface area (Å²) in [6.45, 7) is 3.36. The van der Waals surface area contributed by atoms with Crippen LogP contribution in [0, 0.1) is 10.1 Å². The van der Waals surface area contributed by atoms with Crippen LogP contribution in [0.15, 0.2) is 66.4 Å². The minimum Gasteiger partial charge on any atom is -0.402 e. The van der Waals surface area contributed by atoms with Gasteiger partial charge in [-0.05, 0) is 36.3 Å². The molecule has 0 saturated heterocycles. The van der Waals surface area contributed by atoms with E-state index >= 15 is 0 Å². The highest BCUT2D eigenvalue weighted by Gasteiger charge is 2.25. The highest BCUT2D eigenvalue weighted by molar-refractivity contribution is 6.18. The first-order valence-corrected chi connectivity index (χ1v) is 8.15. The Morgan fingerprint density at radius 3 is 2.23 bits per heavy atom. The van der Waals surface area contributed by atoms with Gasteiger partial charge >= 0.3 is 0 Å². The van der Waals surface area contributed by atoms with Crippen molar-refractivity contribution >= 4 is 27.8 Å². The Kier molecular flexibility index (Phi) is 4.54. The molecule has 2 N–H and O–H groups in total. The molecule has 0 saturated carbocycles. The van der Waals surface area contributed by atoms with Crippen molar-refractivity contribution in [3.63, 3.8) is 0 Å². The zero-order valence-corrected chi connectivity index (χ0v) is 14.5. The number of fused-ring (bicyclic) bond motifs is 1. The van der Waals surface area contributed by atoms with E-state index in [0.29, 0.717) is 16.8 Å². The van der Waals surface area contributed by atoms with Crippen LogP contribution in [-0.4, -0.2) is 10.7 Å². The van der Waals surface area contributed by atoms with Crippen molar-refractivity contribution < 1.29 is 9.72 Å². The van der Waals surface area contributed by atoms with Gasteiger partial charge in [-0.25, -0.2) is 0 Å². The number of carbonyl (C=O) groups excluding carboxylic acids is 1. The lowest BCUT2D eigenvalue weighted by molar-refractivity contribution is -0.385. The molecule has 0 spiro atoms. The van der Waals surface area contributed by atoms with E-state index in [1.807, 2.05) is 36.4 Å². The van der Waals surface area contributed by atoms with Crippen LogP contribution < -0.4 is 5.73 Å². The van der Waals surface area contributed by atoms with Crippen molar-refractivity contribution in [2.75, 3.05) is 0 Å². The van der Waals surface area contributed by atoms with Crippen LogP contribution in [0.5, 0.6) is 0 Å². The standard InChI is InChI=1S/C21H18N2O3/c1-13(14(2)22)20-18(11-6-12-19(20)23(25)26)21(24)17-10-5-8-15-7-3-4-9-16(15)17/h3-12H,22H2,1-2H3. The maximum atomic E-state index is 13.3. The first kappa shape index (κ1) is 17.4. The molecule has 0 aromatic heterocycles. The Balaban J connectivity index is 2.30. The number of benzene rings is 3. The number of rotatable bonds is 4. The number of nitro benzene ring substituents is 1. The van der Waals surface area contributed by atoms with E-state index in [0.717, 1.165) is 10.8 Å². The minimum atomic E-state index is -0.484. The molecule has 26 heavy (non-hydrogen) atoms. The maximum Gasteiger partial charge on any atom is 0.277 e. The normalized spacial score (nSPS) is 11.9. The van der Waals surface area contributed by atoms with Crippen LogP contribution in [0.2, 0.25) is 0 Å². The molecule has 0 aliphatic heterocycles. The average Bonchev–Trinajstić information content (AvgIpc) is 2.65. The number of nitrogens with two attached hydrogens (primary N) is 1. The van der Waals surface area contributed by atoms with E-state index in [9.17, 15) is 14.9 Å². The lowest BCUT2D eigenvalue weighted by Crippen LogP contribution is -2.09. The second-order valence-corrected chi connectivity index (χ2v) is 6.12. The first-order valence-electron chi connectivity index (χ1n) is 8.15. The third kappa shape index (κ3) is 2.95. The van der Waals surface area contributed by atoms with Crippen molar-refractivity contribution in [1.82, 2.24) is 0 Å². The molecule has 0 atom stereocenters. The van der Waals surface area contributed by atoms with Gasteiger partial charge < -0.3 is 5.73 Å². The molecule has 0 radical (unpaired) electrons. The van der Waals surface area contributed by atoms with Crippen molar-refractivity contribution in [1.29, 1.82) is 0 Å². The third-order valence-corrected chi connectivity index (χ3v) is 4.48. The molecule has 0 heterocycles. The summed E-state index contributed by atoms with van der Waals surface area (Å²) in [4.78, 5) is 24.3. The number of ketones is 1. The Morgan fingerprint density at radius 2 is 1.54 bits per heavy atom. The Morgan fingerprint density at radius 1 is 0.923 bits per heavy atom. The molecule has 0 aliphatic rings. The fraction of sp³-hybridized carbons (Fsp3) is 0.0952. The molecule has 130 valence electrons. The molecule has 0 amide bonds. The molecular weight excluding hydrogens is 328 g/mol. The molecular formula is C21H18N2O3. The number of carbonyl (C=O) groups is 1. The average molecular weight is 346 g/mol. The van der Waals surface area contributed by atoms with Crippen molar-refractivity contribution in [2.45, 2.75) is 13.8 Å². The van der Waals surface area contributed by atoms with E-state index in [4.69, 9.17) is 5.73 Å². The molecule has 0 unspecified atom stereocenters. The zero-order valence-electron chi connectivity index (χ0n) is 14.5. The lowest BCUT2D eigenvalue weighted by Gasteiger charge is -2.12. The van der Waals surface area contributed by atoms with E-state index in [-0.39, 0.29) is 22.6 Å². The number of hydrogen-bond donors (Lipinski definition) is 1. The molecule has 0 bridgehead atoms. The van der Waals surface area contributed by atoms with Crippen molar-refractivity contribution in [3.05, 3.63) is 93.2 Å². The Bertz CT molecular complexity index is 1060. The van der Waals surface area contributed by atoms with Crippen molar-refractivity contribution in [3.8, 4) is 0 Å². The van der Waals surface area contributed by atoms with Gasteiger partial charge in [0.1, 0.15) is 0 Å². The van der Waals surface area contributed by atoms with Crippen LogP contribution in [0.1, 0.15) is 35.3 Å². The fourth-order valence-corrected chi connectivity index (χ4v) is 3.04. The Hall–Kier alpha value is -3.47. The predicted octanol–water partition coefficient (Wildman–Crippen LogP) is 4.69. The molecule has 0 aliphatic carbocycles. The largest absolute Gasteiger partial charge is 0.402 e. The van der Waals surface area contributed by atoms with Gasteiger partial charge in [-0.1, -0.05) is 48.5 Å². The number of nitro groups is 1. The van der Waals surface area contributed by atoms with E-state index < -0.39 is 4.92 Å². The number of nitrogens with zero attached hydrogens (tertiary/aromatic N) is 1. The summed E-state index contributed by atoms with van der Waals surface area (Å²) < 4.78 is 0. The Labute approximate surface area is 150 Å². The summed E-state index contributed by atoms with van der Waals surface area (Å²) in [5.74, 6) is -0.263. The van der Waals surface area contributed by atoms with Gasteiger partial charge in [-0.2, -0.15) is 0 Å². The van der Waals surface area contributed by atoms with Gasteiger partial charge in [0.05, 0.1) is 10.5 Å². The van der Waals surface area contributed by atoms with Crippen LogP contribution >= 0.6 is 0 Å². The SMILES string of the molecule is CC(N)=C(C)c1c(C(=O)c2cccc3ccccc23)cccc1[N+](=O)[O-]. The van der Waals surface area contributed by atoms with E-state index in [1.54, 1.807) is 26.0 Å². The van der Waals surface area contributed by atoms with Crippen LogP contribution in [0.25, 0.3) is 16.3 Å². The highest BCUT2D eigenvalue weighted by atomic mass is 16.6. The second-order valence-electron chi connectivity index (χ2n) is 6.12. The lowest BCUT2D eigenvalue weighted by atomic mass is 9.90. The van der Waals surface area contributed by atoms with Gasteiger partial charge in [-0.15, -0.1) is 0 Å². The molecule has 3 aromatic carbocycles. The van der Waals surface area contributed by atoms with Gasteiger partial charge in [0.15, 0.2) is 5.78 Å². The highest BCUT2D eigenvalue weighted by Crippen LogP contribution is 2.33. The van der Waals surface area contributed by atoms with Gasteiger partial charge in [-0.3, -0.25) is 14.9 Å². The molecule has 0 fully saturated rings. The second kappa shape index (κ2) is 6.80. The quantitative estimate of drug-likeness (QED) is 0.422. The summed E-state index contributed by atoms with van der Waals surface area (Å²) in [6.07, 6.45) is 0. The number of hydrogen-bond acceptors (Lipinski definition) is 4. The summed E-state index contributed by atoms with van der Waals surface area (Å²) >= 11 is 0. The smallest absolute Gasteiger partial charge is 0.277 e.